The highest BCUT2D eigenvalue weighted by Crippen LogP contribution is 2.29. The van der Waals surface area contributed by atoms with Gasteiger partial charge in [0.15, 0.2) is 5.13 Å². The summed E-state index contributed by atoms with van der Waals surface area (Å²) in [5.41, 5.74) is 2.67. The van der Waals surface area contributed by atoms with Gasteiger partial charge in [-0.3, -0.25) is 4.79 Å². The van der Waals surface area contributed by atoms with Crippen LogP contribution in [-0.2, 0) is 11.2 Å². The van der Waals surface area contributed by atoms with Gasteiger partial charge in [-0.05, 0) is 24.6 Å². The van der Waals surface area contributed by atoms with Crippen LogP contribution in [0, 0.1) is 0 Å². The molecular weight excluding hydrogens is 390 g/mol. The van der Waals surface area contributed by atoms with Gasteiger partial charge in [0.05, 0.1) is 28.9 Å². The number of ether oxygens (including phenoxy) is 1. The van der Waals surface area contributed by atoms with Crippen LogP contribution in [0.25, 0.3) is 20.8 Å². The lowest BCUT2D eigenvalue weighted by molar-refractivity contribution is -0.115. The van der Waals surface area contributed by atoms with E-state index in [0.717, 1.165) is 38.7 Å². The highest BCUT2D eigenvalue weighted by molar-refractivity contribution is 7.22. The molecule has 1 N–H and O–H groups in total. The Morgan fingerprint density at radius 1 is 1.14 bits per heavy atom. The van der Waals surface area contributed by atoms with Crippen LogP contribution in [-0.4, -0.2) is 22.5 Å². The van der Waals surface area contributed by atoms with Crippen molar-refractivity contribution in [1.82, 2.24) is 9.97 Å². The molecule has 142 valence electrons. The van der Waals surface area contributed by atoms with Crippen molar-refractivity contribution >= 4 is 43.9 Å². The standard InChI is InChI=1S/C21H19N3O2S2/c1-2-10-26-16-8-9-17-18(12-16)28-21(23-17)24-19(25)11-15-13-27-20(22-15)14-6-4-3-5-7-14/h3-9,12-13H,2,10-11H2,1H3,(H,23,24,25). The average molecular weight is 410 g/mol. The second kappa shape index (κ2) is 8.50. The Bertz CT molecular complexity index is 1090. The van der Waals surface area contributed by atoms with Gasteiger partial charge in [-0.2, -0.15) is 0 Å². The fourth-order valence-corrected chi connectivity index (χ4v) is 4.43. The minimum absolute atomic E-state index is 0.119. The van der Waals surface area contributed by atoms with E-state index < -0.39 is 0 Å². The monoisotopic (exact) mass is 409 g/mol. The Morgan fingerprint density at radius 2 is 2.00 bits per heavy atom. The smallest absolute Gasteiger partial charge is 0.232 e. The zero-order valence-electron chi connectivity index (χ0n) is 15.3. The van der Waals surface area contributed by atoms with E-state index in [2.05, 4.69) is 22.2 Å². The van der Waals surface area contributed by atoms with E-state index in [1.807, 2.05) is 53.9 Å². The van der Waals surface area contributed by atoms with Crippen molar-refractivity contribution in [1.29, 1.82) is 0 Å². The number of nitrogens with one attached hydrogen (secondary N) is 1. The molecule has 0 spiro atoms. The van der Waals surface area contributed by atoms with Crippen molar-refractivity contribution in [3.05, 3.63) is 59.6 Å². The first-order valence-corrected chi connectivity index (χ1v) is 10.7. The first-order chi connectivity index (χ1) is 13.7. The summed E-state index contributed by atoms with van der Waals surface area (Å²) in [4.78, 5) is 21.5. The quantitative estimate of drug-likeness (QED) is 0.444. The summed E-state index contributed by atoms with van der Waals surface area (Å²) in [6, 6.07) is 15.8. The first-order valence-electron chi connectivity index (χ1n) is 9.04. The third-order valence-corrected chi connectivity index (χ3v) is 5.87. The van der Waals surface area contributed by atoms with Crippen LogP contribution in [0.4, 0.5) is 5.13 Å². The number of benzene rings is 2. The van der Waals surface area contributed by atoms with E-state index in [1.165, 1.54) is 11.3 Å². The van der Waals surface area contributed by atoms with Gasteiger partial charge in [-0.25, -0.2) is 9.97 Å². The van der Waals surface area contributed by atoms with E-state index in [0.29, 0.717) is 11.7 Å². The van der Waals surface area contributed by atoms with Crippen LogP contribution in [0.3, 0.4) is 0 Å². The number of hydrogen-bond acceptors (Lipinski definition) is 6. The number of fused-ring (bicyclic) bond motifs is 1. The van der Waals surface area contributed by atoms with Crippen molar-refractivity contribution in [2.75, 3.05) is 11.9 Å². The minimum atomic E-state index is -0.119. The molecule has 2 aromatic heterocycles. The number of aromatic nitrogens is 2. The largest absolute Gasteiger partial charge is 0.494 e. The van der Waals surface area contributed by atoms with Crippen LogP contribution >= 0.6 is 22.7 Å². The topological polar surface area (TPSA) is 64.1 Å². The fraction of sp³-hybridized carbons (Fsp3) is 0.190. The van der Waals surface area contributed by atoms with E-state index in [-0.39, 0.29) is 12.3 Å². The second-order valence-electron chi connectivity index (χ2n) is 6.23. The van der Waals surface area contributed by atoms with Crippen LogP contribution in [0.5, 0.6) is 5.75 Å². The maximum absolute atomic E-state index is 12.4. The highest BCUT2D eigenvalue weighted by Gasteiger charge is 2.12. The predicted octanol–water partition coefficient (Wildman–Crippen LogP) is 5.39. The van der Waals surface area contributed by atoms with Crippen LogP contribution in [0.15, 0.2) is 53.9 Å². The number of anilines is 1. The van der Waals surface area contributed by atoms with Crippen LogP contribution < -0.4 is 10.1 Å². The van der Waals surface area contributed by atoms with E-state index >= 15 is 0 Å². The lowest BCUT2D eigenvalue weighted by atomic mass is 10.2. The Labute approximate surface area is 171 Å². The molecule has 7 heteroatoms. The first kappa shape index (κ1) is 18.6. The zero-order chi connectivity index (χ0) is 19.3. The van der Waals surface area contributed by atoms with Crippen LogP contribution in [0.1, 0.15) is 19.0 Å². The average Bonchev–Trinajstić information content (AvgIpc) is 3.33. The summed E-state index contributed by atoms with van der Waals surface area (Å²) in [6.45, 7) is 2.76. The van der Waals surface area contributed by atoms with E-state index in [9.17, 15) is 4.79 Å². The lowest BCUT2D eigenvalue weighted by Gasteiger charge is -2.02. The van der Waals surface area contributed by atoms with Crippen molar-refractivity contribution in [3.8, 4) is 16.3 Å². The van der Waals surface area contributed by atoms with Crippen molar-refractivity contribution < 1.29 is 9.53 Å². The molecule has 0 aliphatic heterocycles. The number of rotatable bonds is 7. The number of hydrogen-bond donors (Lipinski definition) is 1. The Kier molecular flexibility index (Phi) is 5.64. The molecule has 0 saturated carbocycles. The Balaban J connectivity index is 1.41. The van der Waals surface area contributed by atoms with E-state index in [1.54, 1.807) is 11.3 Å². The normalized spacial score (nSPS) is 10.9. The molecular formula is C21H19N3O2S2. The summed E-state index contributed by atoms with van der Waals surface area (Å²) >= 11 is 2.99. The molecule has 1 amide bonds. The van der Waals surface area contributed by atoms with Gasteiger partial charge in [0.1, 0.15) is 10.8 Å². The fourth-order valence-electron chi connectivity index (χ4n) is 2.70. The molecule has 4 rings (SSSR count). The maximum Gasteiger partial charge on any atom is 0.232 e. The Hall–Kier alpha value is -2.77. The molecule has 0 radical (unpaired) electrons. The van der Waals surface area contributed by atoms with Crippen molar-refractivity contribution in [2.24, 2.45) is 0 Å². The molecule has 4 aromatic rings. The van der Waals surface area contributed by atoms with Gasteiger partial charge >= 0.3 is 0 Å². The molecule has 5 nitrogen and oxygen atoms in total. The predicted molar refractivity (Wildman–Crippen MR) is 115 cm³/mol. The molecule has 0 fully saturated rings. The summed E-state index contributed by atoms with van der Waals surface area (Å²) in [6.07, 6.45) is 1.19. The SMILES string of the molecule is CCCOc1ccc2nc(NC(=O)Cc3csc(-c4ccccc4)n3)sc2c1. The van der Waals surface area contributed by atoms with Gasteiger partial charge in [0, 0.05) is 10.9 Å². The zero-order valence-corrected chi connectivity index (χ0v) is 17.0. The molecule has 0 aliphatic carbocycles. The van der Waals surface area contributed by atoms with Gasteiger partial charge in [-0.15, -0.1) is 11.3 Å². The number of carbonyl (C=O) groups is 1. The van der Waals surface area contributed by atoms with E-state index in [4.69, 9.17) is 4.74 Å². The van der Waals surface area contributed by atoms with Crippen LogP contribution in [0.2, 0.25) is 0 Å². The number of thiazole rings is 2. The number of amides is 1. The second-order valence-corrected chi connectivity index (χ2v) is 8.12. The number of carbonyl (C=O) groups excluding carboxylic acids is 1. The summed E-state index contributed by atoms with van der Waals surface area (Å²) in [7, 11) is 0. The van der Waals surface area contributed by atoms with Crippen molar-refractivity contribution in [3.63, 3.8) is 0 Å². The number of nitrogens with zero attached hydrogens (tertiary/aromatic N) is 2. The van der Waals surface area contributed by atoms with Gasteiger partial charge in [0.25, 0.3) is 0 Å². The lowest BCUT2D eigenvalue weighted by Crippen LogP contribution is -2.14. The molecule has 0 atom stereocenters. The maximum atomic E-state index is 12.4. The summed E-state index contributed by atoms with van der Waals surface area (Å²) in [5, 5.41) is 6.32. The van der Waals surface area contributed by atoms with Gasteiger partial charge < -0.3 is 10.1 Å². The van der Waals surface area contributed by atoms with Gasteiger partial charge in [0.2, 0.25) is 5.91 Å². The third-order valence-electron chi connectivity index (χ3n) is 3.99. The Morgan fingerprint density at radius 3 is 2.82 bits per heavy atom. The molecule has 2 heterocycles. The third kappa shape index (κ3) is 4.37. The summed E-state index contributed by atoms with van der Waals surface area (Å²) < 4.78 is 6.65. The molecule has 0 unspecified atom stereocenters. The minimum Gasteiger partial charge on any atom is -0.494 e. The molecule has 28 heavy (non-hydrogen) atoms. The van der Waals surface area contributed by atoms with Gasteiger partial charge in [-0.1, -0.05) is 48.6 Å². The van der Waals surface area contributed by atoms with Crippen molar-refractivity contribution in [2.45, 2.75) is 19.8 Å². The molecule has 0 bridgehead atoms. The highest BCUT2D eigenvalue weighted by atomic mass is 32.1. The molecule has 2 aromatic carbocycles. The molecule has 0 saturated heterocycles. The summed E-state index contributed by atoms with van der Waals surface area (Å²) in [5.74, 6) is 0.707. The molecule has 0 aliphatic rings.